The number of hydrogen-bond acceptors (Lipinski definition) is 3. The highest BCUT2D eigenvalue weighted by Crippen LogP contribution is 2.45. The number of alkyl halides is 3. The molecule has 0 amide bonds. The Morgan fingerprint density at radius 1 is 1.23 bits per heavy atom. The molecule has 0 aromatic heterocycles. The molecule has 0 saturated carbocycles. The van der Waals surface area contributed by atoms with Crippen molar-refractivity contribution in [1.82, 2.24) is 0 Å². The lowest BCUT2D eigenvalue weighted by molar-refractivity contribution is 0.234. The van der Waals surface area contributed by atoms with Crippen LogP contribution in [-0.2, 0) is 16.3 Å². The number of rotatable bonds is 4. The van der Waals surface area contributed by atoms with E-state index in [-0.39, 0.29) is 41.2 Å². The molecular formula is C17H11F4NO3S. The average Bonchev–Trinajstić information content (AvgIpc) is 2.96. The summed E-state index contributed by atoms with van der Waals surface area (Å²) in [5.74, 6) is -4.39. The fraction of sp³-hybridized carbons (Fsp3) is 0.235. The molecule has 1 aliphatic rings. The van der Waals surface area contributed by atoms with Crippen molar-refractivity contribution in [3.63, 3.8) is 0 Å². The van der Waals surface area contributed by atoms with Crippen molar-refractivity contribution in [2.45, 2.75) is 29.7 Å². The van der Waals surface area contributed by atoms with Crippen LogP contribution in [0.2, 0.25) is 0 Å². The number of hydrogen-bond donors (Lipinski definition) is 0. The fourth-order valence-electron chi connectivity index (χ4n) is 2.88. The lowest BCUT2D eigenvalue weighted by atomic mass is 10.1. The predicted molar refractivity (Wildman–Crippen MR) is 84.5 cm³/mol. The van der Waals surface area contributed by atoms with Crippen molar-refractivity contribution in [1.29, 1.82) is 0 Å². The zero-order valence-electron chi connectivity index (χ0n) is 13.0. The Morgan fingerprint density at radius 2 is 1.96 bits per heavy atom. The maximum atomic E-state index is 14.2. The van der Waals surface area contributed by atoms with Gasteiger partial charge in [-0.3, -0.25) is 0 Å². The Hall–Kier alpha value is -2.60. The summed E-state index contributed by atoms with van der Waals surface area (Å²) in [6.07, 6.45) is -1.70. The van der Waals surface area contributed by atoms with Crippen molar-refractivity contribution < 1.29 is 30.7 Å². The maximum absolute atomic E-state index is 14.2. The van der Waals surface area contributed by atoms with Gasteiger partial charge in [0.25, 0.3) is 0 Å². The van der Waals surface area contributed by atoms with Gasteiger partial charge in [-0.15, -0.1) is 0 Å². The van der Waals surface area contributed by atoms with Crippen LogP contribution in [0, 0.1) is 12.4 Å². The van der Waals surface area contributed by atoms with Gasteiger partial charge in [-0.05, 0) is 37.1 Å². The quantitative estimate of drug-likeness (QED) is 0.542. The van der Waals surface area contributed by atoms with Gasteiger partial charge in [-0.25, -0.2) is 22.0 Å². The molecule has 0 bridgehead atoms. The predicted octanol–water partition coefficient (Wildman–Crippen LogP) is 5.12. The van der Waals surface area contributed by atoms with Crippen LogP contribution in [0.25, 0.3) is 4.85 Å². The standard InChI is InChI=1S/C17H11F4NO3S/c1-22-10-6-9(18)7-11(8-10)25-14-4-5-15(26(23,24)17(20)21)16-12(14)2-3-13(16)19/h4-8,13,17H,2-3H2. The summed E-state index contributed by atoms with van der Waals surface area (Å²) in [6.45, 7) is 6.92. The number of nitrogens with zero attached hydrogens (tertiary/aromatic N) is 1. The van der Waals surface area contributed by atoms with E-state index >= 15 is 0 Å². The molecule has 0 saturated heterocycles. The van der Waals surface area contributed by atoms with Crippen LogP contribution in [0.4, 0.5) is 23.2 Å². The van der Waals surface area contributed by atoms with Gasteiger partial charge >= 0.3 is 5.76 Å². The summed E-state index contributed by atoms with van der Waals surface area (Å²) in [4.78, 5) is 2.33. The maximum Gasteiger partial charge on any atom is 0.341 e. The molecule has 0 spiro atoms. The molecule has 1 atom stereocenters. The highest BCUT2D eigenvalue weighted by atomic mass is 32.2. The number of ether oxygens (including phenoxy) is 1. The second-order valence-electron chi connectivity index (χ2n) is 5.62. The van der Waals surface area contributed by atoms with E-state index in [1.807, 2.05) is 0 Å². The minimum absolute atomic E-state index is 0.0167. The van der Waals surface area contributed by atoms with Gasteiger partial charge < -0.3 is 4.74 Å². The molecule has 0 aliphatic heterocycles. The second-order valence-corrected chi connectivity index (χ2v) is 7.51. The molecule has 2 aromatic rings. The monoisotopic (exact) mass is 385 g/mol. The topological polar surface area (TPSA) is 47.7 Å². The third kappa shape index (κ3) is 3.12. The second kappa shape index (κ2) is 6.61. The Bertz CT molecular complexity index is 1020. The molecule has 136 valence electrons. The molecule has 0 N–H and O–H groups in total. The lowest BCUT2D eigenvalue weighted by Crippen LogP contribution is -2.14. The van der Waals surface area contributed by atoms with E-state index < -0.39 is 32.5 Å². The van der Waals surface area contributed by atoms with Gasteiger partial charge in [0.1, 0.15) is 23.5 Å². The molecule has 1 aliphatic carbocycles. The van der Waals surface area contributed by atoms with Crippen LogP contribution >= 0.6 is 0 Å². The van der Waals surface area contributed by atoms with Crippen LogP contribution in [0.3, 0.4) is 0 Å². The van der Waals surface area contributed by atoms with Crippen molar-refractivity contribution in [2.75, 3.05) is 0 Å². The van der Waals surface area contributed by atoms with E-state index in [4.69, 9.17) is 11.3 Å². The zero-order chi connectivity index (χ0) is 19.1. The summed E-state index contributed by atoms with van der Waals surface area (Å²) in [5, 5.41) is 0. The molecule has 3 rings (SSSR count). The van der Waals surface area contributed by atoms with E-state index in [1.165, 1.54) is 6.07 Å². The normalized spacial score (nSPS) is 16.4. The number of halogens is 4. The Morgan fingerprint density at radius 3 is 2.62 bits per heavy atom. The first-order valence-corrected chi connectivity index (χ1v) is 8.96. The number of benzene rings is 2. The highest BCUT2D eigenvalue weighted by Gasteiger charge is 2.37. The van der Waals surface area contributed by atoms with Crippen LogP contribution in [0.15, 0.2) is 35.2 Å². The summed E-state index contributed by atoms with van der Waals surface area (Å²) in [5.41, 5.74) is -0.214. The van der Waals surface area contributed by atoms with Gasteiger partial charge in [-0.1, -0.05) is 0 Å². The van der Waals surface area contributed by atoms with Crippen LogP contribution < -0.4 is 4.74 Å². The number of sulfone groups is 1. The molecule has 26 heavy (non-hydrogen) atoms. The van der Waals surface area contributed by atoms with Crippen LogP contribution in [0.5, 0.6) is 11.5 Å². The van der Waals surface area contributed by atoms with Gasteiger partial charge in [0.15, 0.2) is 5.69 Å². The fourth-order valence-corrected chi connectivity index (χ4v) is 3.89. The third-order valence-corrected chi connectivity index (χ3v) is 5.43. The minimum atomic E-state index is -4.97. The van der Waals surface area contributed by atoms with Crippen molar-refractivity contribution in [3.8, 4) is 11.5 Å². The Labute approximate surface area is 146 Å². The van der Waals surface area contributed by atoms with Crippen molar-refractivity contribution in [3.05, 3.63) is 58.7 Å². The number of fused-ring (bicyclic) bond motifs is 1. The average molecular weight is 385 g/mol. The van der Waals surface area contributed by atoms with Crippen molar-refractivity contribution >= 4 is 15.5 Å². The molecule has 0 radical (unpaired) electrons. The van der Waals surface area contributed by atoms with E-state index in [1.54, 1.807) is 0 Å². The molecule has 0 fully saturated rings. The first-order chi connectivity index (χ1) is 12.2. The van der Waals surface area contributed by atoms with Crippen LogP contribution in [-0.4, -0.2) is 14.2 Å². The largest absolute Gasteiger partial charge is 0.458 e. The van der Waals surface area contributed by atoms with E-state index in [2.05, 4.69) is 4.85 Å². The van der Waals surface area contributed by atoms with E-state index in [0.29, 0.717) is 0 Å². The van der Waals surface area contributed by atoms with Gasteiger partial charge in [0, 0.05) is 17.2 Å². The molecule has 4 nitrogen and oxygen atoms in total. The summed E-state index contributed by atoms with van der Waals surface area (Å²) in [6, 6.07) is 5.26. The summed E-state index contributed by atoms with van der Waals surface area (Å²) < 4.78 is 82.5. The van der Waals surface area contributed by atoms with Gasteiger partial charge in [0.2, 0.25) is 9.84 Å². The lowest BCUT2D eigenvalue weighted by Gasteiger charge is -2.15. The highest BCUT2D eigenvalue weighted by molar-refractivity contribution is 7.91. The Kier molecular flexibility index (Phi) is 4.63. The van der Waals surface area contributed by atoms with Crippen molar-refractivity contribution in [2.24, 2.45) is 0 Å². The molecule has 1 unspecified atom stereocenters. The first kappa shape index (κ1) is 18.2. The summed E-state index contributed by atoms with van der Waals surface area (Å²) >= 11 is 0. The third-order valence-electron chi connectivity index (χ3n) is 3.99. The first-order valence-electron chi connectivity index (χ1n) is 7.42. The molecule has 2 aromatic carbocycles. The van der Waals surface area contributed by atoms with Gasteiger partial charge in [0.05, 0.1) is 11.5 Å². The minimum Gasteiger partial charge on any atom is -0.458 e. The van der Waals surface area contributed by atoms with Gasteiger partial charge in [-0.2, -0.15) is 8.78 Å². The molecule has 9 heteroatoms. The molecule has 0 heterocycles. The zero-order valence-corrected chi connectivity index (χ0v) is 13.9. The van der Waals surface area contributed by atoms with E-state index in [9.17, 15) is 26.0 Å². The SMILES string of the molecule is [C-]#[N+]c1cc(F)cc(Oc2ccc(S(=O)(=O)C(F)F)c3c2CCC3F)c1. The molecular weight excluding hydrogens is 374 g/mol. The van der Waals surface area contributed by atoms with Crippen LogP contribution in [0.1, 0.15) is 23.7 Å². The van der Waals surface area contributed by atoms with E-state index in [0.717, 1.165) is 24.3 Å². The Balaban J connectivity index is 2.09. The smallest absolute Gasteiger partial charge is 0.341 e. The summed E-state index contributed by atoms with van der Waals surface area (Å²) in [7, 11) is -4.97.